The van der Waals surface area contributed by atoms with Crippen LogP contribution in [-0.2, 0) is 21.1 Å². The summed E-state index contributed by atoms with van der Waals surface area (Å²) in [7, 11) is -3.28. The van der Waals surface area contributed by atoms with Gasteiger partial charge in [-0.15, -0.1) is 0 Å². The Morgan fingerprint density at radius 3 is 2.47 bits per heavy atom. The molecule has 0 saturated heterocycles. The molecular formula is C10H13NO3S. The number of hydrogen-bond donors (Lipinski definition) is 1. The van der Waals surface area contributed by atoms with Crippen LogP contribution in [0.4, 0.5) is 0 Å². The van der Waals surface area contributed by atoms with Gasteiger partial charge in [-0.2, -0.15) is 0 Å². The van der Waals surface area contributed by atoms with Crippen molar-refractivity contribution in [3.05, 3.63) is 29.8 Å². The van der Waals surface area contributed by atoms with Gasteiger partial charge in [-0.05, 0) is 11.6 Å². The molecule has 0 atom stereocenters. The fourth-order valence-electron chi connectivity index (χ4n) is 1.30. The van der Waals surface area contributed by atoms with Crippen LogP contribution in [0.15, 0.2) is 29.2 Å². The average molecular weight is 227 g/mol. The largest absolute Gasteiger partial charge is 0.369 e. The number of nitrogens with two attached hydrogens (primary N) is 1. The number of primary amides is 1. The predicted molar refractivity (Wildman–Crippen MR) is 57.1 cm³/mol. The van der Waals surface area contributed by atoms with Crippen molar-refractivity contribution in [2.24, 2.45) is 5.73 Å². The molecule has 2 N–H and O–H groups in total. The molecule has 0 aromatic heterocycles. The molecule has 0 spiro atoms. The van der Waals surface area contributed by atoms with E-state index in [1.54, 1.807) is 25.1 Å². The zero-order valence-corrected chi connectivity index (χ0v) is 9.25. The Balaban J connectivity index is 3.24. The molecule has 0 aliphatic carbocycles. The van der Waals surface area contributed by atoms with Crippen molar-refractivity contribution in [3.63, 3.8) is 0 Å². The van der Waals surface area contributed by atoms with Crippen LogP contribution in [0.25, 0.3) is 0 Å². The third-order valence-corrected chi connectivity index (χ3v) is 3.88. The summed E-state index contributed by atoms with van der Waals surface area (Å²) < 4.78 is 23.3. The quantitative estimate of drug-likeness (QED) is 0.814. The zero-order chi connectivity index (χ0) is 11.5. The molecule has 0 aliphatic heterocycles. The summed E-state index contributed by atoms with van der Waals surface area (Å²) in [5.41, 5.74) is 5.51. The first-order chi connectivity index (χ1) is 6.97. The Bertz CT molecular complexity index is 465. The van der Waals surface area contributed by atoms with Crippen molar-refractivity contribution >= 4 is 15.7 Å². The van der Waals surface area contributed by atoms with Crippen LogP contribution in [0.3, 0.4) is 0 Å². The van der Waals surface area contributed by atoms with Gasteiger partial charge in [-0.25, -0.2) is 8.42 Å². The molecule has 0 radical (unpaired) electrons. The summed E-state index contributed by atoms with van der Waals surface area (Å²) >= 11 is 0. The Labute approximate surface area is 89.0 Å². The molecule has 0 unspecified atom stereocenters. The van der Waals surface area contributed by atoms with Crippen LogP contribution in [0, 0.1) is 0 Å². The number of carbonyl (C=O) groups excluding carboxylic acids is 1. The fourth-order valence-corrected chi connectivity index (χ4v) is 2.43. The van der Waals surface area contributed by atoms with E-state index in [0.717, 1.165) is 0 Å². The molecule has 4 nitrogen and oxygen atoms in total. The standard InChI is InChI=1S/C10H13NO3S/c1-2-15(13,14)9-6-4-3-5-8(9)7-10(11)12/h3-6H,2,7H2,1H3,(H2,11,12). The lowest BCUT2D eigenvalue weighted by atomic mass is 10.1. The fraction of sp³-hybridized carbons (Fsp3) is 0.300. The van der Waals surface area contributed by atoms with Gasteiger partial charge in [0.25, 0.3) is 0 Å². The van der Waals surface area contributed by atoms with Crippen LogP contribution in [-0.4, -0.2) is 20.1 Å². The highest BCUT2D eigenvalue weighted by atomic mass is 32.2. The number of carbonyl (C=O) groups is 1. The molecule has 0 saturated carbocycles. The maximum atomic E-state index is 11.7. The van der Waals surface area contributed by atoms with Crippen LogP contribution in [0.1, 0.15) is 12.5 Å². The molecular weight excluding hydrogens is 214 g/mol. The molecule has 0 fully saturated rings. The first-order valence-corrected chi connectivity index (χ1v) is 6.21. The number of amides is 1. The highest BCUT2D eigenvalue weighted by Gasteiger charge is 2.16. The Hall–Kier alpha value is -1.36. The maximum Gasteiger partial charge on any atom is 0.221 e. The van der Waals surface area contributed by atoms with E-state index in [0.29, 0.717) is 5.56 Å². The second-order valence-corrected chi connectivity index (χ2v) is 5.40. The second kappa shape index (κ2) is 4.44. The lowest BCUT2D eigenvalue weighted by Crippen LogP contribution is -2.16. The molecule has 5 heteroatoms. The van der Waals surface area contributed by atoms with Gasteiger partial charge in [0, 0.05) is 0 Å². The number of rotatable bonds is 4. The van der Waals surface area contributed by atoms with Gasteiger partial charge in [0.2, 0.25) is 5.91 Å². The second-order valence-electron chi connectivity index (χ2n) is 3.15. The minimum Gasteiger partial charge on any atom is -0.369 e. The van der Waals surface area contributed by atoms with E-state index in [1.165, 1.54) is 6.07 Å². The zero-order valence-electron chi connectivity index (χ0n) is 8.43. The van der Waals surface area contributed by atoms with Gasteiger partial charge in [0.1, 0.15) is 0 Å². The van der Waals surface area contributed by atoms with Gasteiger partial charge in [0.05, 0.1) is 17.1 Å². The van der Waals surface area contributed by atoms with Crippen molar-refractivity contribution in [1.82, 2.24) is 0 Å². The topological polar surface area (TPSA) is 77.2 Å². The van der Waals surface area contributed by atoms with E-state index in [-0.39, 0.29) is 17.1 Å². The van der Waals surface area contributed by atoms with Gasteiger partial charge in [0.15, 0.2) is 9.84 Å². The third kappa shape index (κ3) is 2.79. The Morgan fingerprint density at radius 1 is 1.33 bits per heavy atom. The van der Waals surface area contributed by atoms with E-state index >= 15 is 0 Å². The molecule has 1 rings (SSSR count). The molecule has 82 valence electrons. The van der Waals surface area contributed by atoms with E-state index < -0.39 is 15.7 Å². The molecule has 1 amide bonds. The predicted octanol–water partition coefficient (Wildman–Crippen LogP) is 0.508. The lowest BCUT2D eigenvalue weighted by Gasteiger charge is -2.06. The van der Waals surface area contributed by atoms with Gasteiger partial charge < -0.3 is 5.73 Å². The van der Waals surface area contributed by atoms with Gasteiger partial charge in [-0.3, -0.25) is 4.79 Å². The van der Waals surface area contributed by atoms with Crippen LogP contribution < -0.4 is 5.73 Å². The van der Waals surface area contributed by atoms with E-state index in [2.05, 4.69) is 0 Å². The minimum atomic E-state index is -3.28. The number of sulfone groups is 1. The third-order valence-electron chi connectivity index (χ3n) is 2.05. The normalized spacial score (nSPS) is 11.3. The molecule has 0 heterocycles. The minimum absolute atomic E-state index is 0.0166. The highest BCUT2D eigenvalue weighted by molar-refractivity contribution is 7.91. The van der Waals surface area contributed by atoms with Crippen molar-refractivity contribution in [3.8, 4) is 0 Å². The number of benzene rings is 1. The summed E-state index contributed by atoms with van der Waals surface area (Å²) in [6.07, 6.45) is -0.0462. The molecule has 0 bridgehead atoms. The summed E-state index contributed by atoms with van der Waals surface area (Å²) in [5, 5.41) is 0. The van der Waals surface area contributed by atoms with Gasteiger partial charge >= 0.3 is 0 Å². The van der Waals surface area contributed by atoms with Crippen LogP contribution >= 0.6 is 0 Å². The van der Waals surface area contributed by atoms with Crippen molar-refractivity contribution in [1.29, 1.82) is 0 Å². The maximum absolute atomic E-state index is 11.7. The van der Waals surface area contributed by atoms with Crippen LogP contribution in [0.5, 0.6) is 0 Å². The van der Waals surface area contributed by atoms with E-state index in [9.17, 15) is 13.2 Å². The molecule has 0 aliphatic rings. The van der Waals surface area contributed by atoms with Gasteiger partial charge in [-0.1, -0.05) is 25.1 Å². The molecule has 1 aromatic carbocycles. The highest BCUT2D eigenvalue weighted by Crippen LogP contribution is 2.17. The van der Waals surface area contributed by atoms with Crippen molar-refractivity contribution < 1.29 is 13.2 Å². The monoisotopic (exact) mass is 227 g/mol. The number of hydrogen-bond acceptors (Lipinski definition) is 3. The molecule has 15 heavy (non-hydrogen) atoms. The van der Waals surface area contributed by atoms with Crippen molar-refractivity contribution in [2.75, 3.05) is 5.75 Å². The smallest absolute Gasteiger partial charge is 0.221 e. The average Bonchev–Trinajstić information content (AvgIpc) is 2.17. The summed E-state index contributed by atoms with van der Waals surface area (Å²) in [4.78, 5) is 11.0. The van der Waals surface area contributed by atoms with E-state index in [1.807, 2.05) is 0 Å². The summed E-state index contributed by atoms with van der Waals surface area (Å²) in [5.74, 6) is -0.517. The summed E-state index contributed by atoms with van der Waals surface area (Å²) in [6, 6.07) is 6.42. The van der Waals surface area contributed by atoms with Crippen LogP contribution in [0.2, 0.25) is 0 Å². The lowest BCUT2D eigenvalue weighted by molar-refractivity contribution is -0.117. The SMILES string of the molecule is CCS(=O)(=O)c1ccccc1CC(N)=O. The van der Waals surface area contributed by atoms with Crippen molar-refractivity contribution in [2.45, 2.75) is 18.2 Å². The Kier molecular flexibility index (Phi) is 3.47. The van der Waals surface area contributed by atoms with E-state index in [4.69, 9.17) is 5.73 Å². The summed E-state index contributed by atoms with van der Waals surface area (Å²) in [6.45, 7) is 1.57. The first-order valence-electron chi connectivity index (χ1n) is 4.56. The Morgan fingerprint density at radius 2 is 1.93 bits per heavy atom. The molecule has 1 aromatic rings. The first kappa shape index (κ1) is 11.7.